The monoisotopic (exact) mass is 272 g/mol. The zero-order chi connectivity index (χ0) is 14.2. The molecule has 8 heteroatoms. The van der Waals surface area contributed by atoms with Gasteiger partial charge >= 0.3 is 17.4 Å². The summed E-state index contributed by atoms with van der Waals surface area (Å²) in [5, 5.41) is 2.32. The van der Waals surface area contributed by atoms with E-state index in [1.165, 1.54) is 14.1 Å². The Hall–Kier alpha value is -1.70. The zero-order valence-corrected chi connectivity index (χ0v) is 11.8. The molecule has 1 N–H and O–H groups in total. The molecule has 0 atom stereocenters. The number of nitrogens with zero attached hydrogens (tertiary/aromatic N) is 3. The molecule has 1 aromatic rings. The molecule has 1 amide bonds. The Balaban J connectivity index is 3.96. The number of aromatic nitrogens is 3. The van der Waals surface area contributed by atoms with Gasteiger partial charge in [-0.3, -0.25) is 4.57 Å². The molecule has 0 radical (unpaired) electrons. The maximum absolute atomic E-state index is 12.2. The highest BCUT2D eigenvalue weighted by molar-refractivity contribution is 7.71. The highest BCUT2D eigenvalue weighted by Gasteiger charge is 2.23. The molecule has 0 fully saturated rings. The van der Waals surface area contributed by atoms with Gasteiger partial charge in [0.1, 0.15) is 0 Å². The minimum Gasteiger partial charge on any atom is -0.340 e. The smallest absolute Gasteiger partial charge is 0.340 e. The van der Waals surface area contributed by atoms with E-state index >= 15 is 0 Å². The van der Waals surface area contributed by atoms with E-state index in [0.29, 0.717) is 0 Å². The summed E-state index contributed by atoms with van der Waals surface area (Å²) in [6, 6.07) is -0.668. The molecule has 100 valence electrons. The number of nitrogens with one attached hydrogen (secondary N) is 1. The van der Waals surface area contributed by atoms with Crippen LogP contribution in [0.4, 0.5) is 4.79 Å². The van der Waals surface area contributed by atoms with E-state index in [0.717, 1.165) is 13.7 Å². The SMILES string of the molecule is CNC(=O)n1c(=S)n(C)c(=O)n(C(C)(C)C)c1=O. The first-order chi connectivity index (χ1) is 8.12. The van der Waals surface area contributed by atoms with Crippen molar-refractivity contribution in [2.45, 2.75) is 26.3 Å². The highest BCUT2D eigenvalue weighted by atomic mass is 32.1. The molecule has 0 aliphatic rings. The van der Waals surface area contributed by atoms with Crippen LogP contribution in [0.25, 0.3) is 0 Å². The Bertz CT molecular complexity index is 660. The lowest BCUT2D eigenvalue weighted by Crippen LogP contribution is -2.54. The fourth-order valence-corrected chi connectivity index (χ4v) is 1.74. The summed E-state index contributed by atoms with van der Waals surface area (Å²) in [5.41, 5.74) is -2.03. The van der Waals surface area contributed by atoms with Gasteiger partial charge in [0.05, 0.1) is 0 Å². The molecule has 1 heterocycles. The first kappa shape index (κ1) is 14.4. The Labute approximate surface area is 109 Å². The number of hydrogen-bond donors (Lipinski definition) is 1. The number of hydrogen-bond acceptors (Lipinski definition) is 4. The lowest BCUT2D eigenvalue weighted by atomic mass is 10.1. The van der Waals surface area contributed by atoms with E-state index < -0.39 is 22.9 Å². The van der Waals surface area contributed by atoms with Crippen LogP contribution in [0, 0.1) is 4.77 Å². The Morgan fingerprint density at radius 3 is 2.11 bits per heavy atom. The molecule has 1 rings (SSSR count). The van der Waals surface area contributed by atoms with Crippen LogP contribution < -0.4 is 16.7 Å². The van der Waals surface area contributed by atoms with Gasteiger partial charge in [-0.1, -0.05) is 0 Å². The summed E-state index contributed by atoms with van der Waals surface area (Å²) in [7, 11) is 2.81. The van der Waals surface area contributed by atoms with E-state index in [1.54, 1.807) is 20.8 Å². The molecule has 0 aliphatic carbocycles. The van der Waals surface area contributed by atoms with Crippen molar-refractivity contribution >= 4 is 18.2 Å². The van der Waals surface area contributed by atoms with E-state index in [9.17, 15) is 14.4 Å². The van der Waals surface area contributed by atoms with Crippen molar-refractivity contribution in [2.24, 2.45) is 7.05 Å². The second-order valence-electron chi connectivity index (χ2n) is 4.80. The highest BCUT2D eigenvalue weighted by Crippen LogP contribution is 2.07. The van der Waals surface area contributed by atoms with E-state index in [4.69, 9.17) is 12.2 Å². The first-order valence-corrected chi connectivity index (χ1v) is 5.71. The molecular formula is C10H16N4O3S. The van der Waals surface area contributed by atoms with Crippen LogP contribution >= 0.6 is 12.2 Å². The molecule has 7 nitrogen and oxygen atoms in total. The van der Waals surface area contributed by atoms with Gasteiger partial charge in [0.2, 0.25) is 0 Å². The fraction of sp³-hybridized carbons (Fsp3) is 0.600. The first-order valence-electron chi connectivity index (χ1n) is 5.30. The van der Waals surface area contributed by atoms with Crippen molar-refractivity contribution in [3.05, 3.63) is 25.7 Å². The third-order valence-corrected chi connectivity index (χ3v) is 2.88. The number of amides is 1. The zero-order valence-electron chi connectivity index (χ0n) is 11.0. The lowest BCUT2D eigenvalue weighted by molar-refractivity contribution is 0.239. The van der Waals surface area contributed by atoms with Crippen LogP contribution in [0.1, 0.15) is 20.8 Å². The average Bonchev–Trinajstić information content (AvgIpc) is 2.24. The largest absolute Gasteiger partial charge is 0.343 e. The van der Waals surface area contributed by atoms with Crippen molar-refractivity contribution in [1.29, 1.82) is 0 Å². The van der Waals surface area contributed by atoms with E-state index in [-0.39, 0.29) is 4.77 Å². The topological polar surface area (TPSA) is 78.0 Å². The van der Waals surface area contributed by atoms with Gasteiger partial charge in [0.15, 0.2) is 4.77 Å². The van der Waals surface area contributed by atoms with Crippen molar-refractivity contribution in [3.63, 3.8) is 0 Å². The lowest BCUT2D eigenvalue weighted by Gasteiger charge is -2.22. The van der Waals surface area contributed by atoms with Gasteiger partial charge in [0.25, 0.3) is 0 Å². The molecule has 0 bridgehead atoms. The van der Waals surface area contributed by atoms with Crippen LogP contribution in [0.5, 0.6) is 0 Å². The van der Waals surface area contributed by atoms with Crippen LogP contribution in [-0.2, 0) is 12.6 Å². The van der Waals surface area contributed by atoms with E-state index in [1.807, 2.05) is 0 Å². The summed E-state index contributed by atoms with van der Waals surface area (Å²) in [6.45, 7) is 5.10. The third kappa shape index (κ3) is 2.15. The summed E-state index contributed by atoms with van der Waals surface area (Å²) >= 11 is 4.95. The maximum Gasteiger partial charge on any atom is 0.343 e. The van der Waals surface area contributed by atoms with Crippen molar-refractivity contribution in [2.75, 3.05) is 7.05 Å². The number of rotatable bonds is 0. The van der Waals surface area contributed by atoms with Crippen LogP contribution in [0.3, 0.4) is 0 Å². The Morgan fingerprint density at radius 1 is 1.22 bits per heavy atom. The molecule has 18 heavy (non-hydrogen) atoms. The predicted octanol–water partition coefficient (Wildman–Crippen LogP) is 0.0205. The standard InChI is InChI=1S/C10H16N4O3S/c1-10(2,3)14-7(16)12(5)9(18)13(8(14)17)6(15)11-4/h1-5H3,(H,11,15). The van der Waals surface area contributed by atoms with Crippen LogP contribution in [0.2, 0.25) is 0 Å². The molecule has 0 aliphatic heterocycles. The molecule has 0 saturated carbocycles. The summed E-state index contributed by atoms with van der Waals surface area (Å²) < 4.78 is 2.72. The van der Waals surface area contributed by atoms with Gasteiger partial charge in [-0.05, 0) is 33.0 Å². The van der Waals surface area contributed by atoms with Crippen molar-refractivity contribution in [1.82, 2.24) is 19.0 Å². The van der Waals surface area contributed by atoms with Crippen molar-refractivity contribution in [3.8, 4) is 0 Å². The number of carbonyl (C=O) groups excluding carboxylic acids is 1. The van der Waals surface area contributed by atoms with Gasteiger partial charge in [0, 0.05) is 19.6 Å². The third-order valence-electron chi connectivity index (χ3n) is 2.43. The molecule has 0 aromatic carbocycles. The quantitative estimate of drug-likeness (QED) is 0.675. The summed E-state index contributed by atoms with van der Waals surface area (Å²) in [4.78, 5) is 35.9. The minimum absolute atomic E-state index is 0.134. The molecular weight excluding hydrogens is 256 g/mol. The van der Waals surface area contributed by atoms with Gasteiger partial charge < -0.3 is 5.32 Å². The van der Waals surface area contributed by atoms with E-state index in [2.05, 4.69) is 5.32 Å². The normalized spacial score (nSPS) is 11.4. The predicted molar refractivity (Wildman–Crippen MR) is 69.6 cm³/mol. The molecule has 1 aromatic heterocycles. The summed E-state index contributed by atoms with van der Waals surface area (Å²) in [6.07, 6.45) is 0. The Morgan fingerprint density at radius 2 is 1.72 bits per heavy atom. The van der Waals surface area contributed by atoms with Gasteiger partial charge in [-0.25, -0.2) is 19.0 Å². The van der Waals surface area contributed by atoms with Crippen LogP contribution in [0.15, 0.2) is 9.59 Å². The van der Waals surface area contributed by atoms with Gasteiger partial charge in [-0.2, -0.15) is 4.57 Å². The molecule has 0 unspecified atom stereocenters. The van der Waals surface area contributed by atoms with Gasteiger partial charge in [-0.15, -0.1) is 0 Å². The second-order valence-corrected chi connectivity index (χ2v) is 5.17. The second kappa shape index (κ2) is 4.52. The Kier molecular flexibility index (Phi) is 3.61. The van der Waals surface area contributed by atoms with Crippen molar-refractivity contribution < 1.29 is 4.79 Å². The average molecular weight is 272 g/mol. The maximum atomic E-state index is 12.2. The number of carbonyl (C=O) groups is 1. The minimum atomic E-state index is -0.745. The molecule has 0 spiro atoms. The van der Waals surface area contributed by atoms with Crippen LogP contribution in [-0.4, -0.2) is 26.8 Å². The summed E-state index contributed by atoms with van der Waals surface area (Å²) in [5.74, 6) is 0. The fourth-order valence-electron chi connectivity index (χ4n) is 1.50. The molecule has 0 saturated heterocycles.